The van der Waals surface area contributed by atoms with Crippen LogP contribution in [0.1, 0.15) is 0 Å². The van der Waals surface area contributed by atoms with Crippen molar-refractivity contribution in [2.24, 2.45) is 0 Å². The predicted octanol–water partition coefficient (Wildman–Crippen LogP) is -2.20. The standard InChI is InChI=1S/3C4H2N2S2.Cr/c3*5-1-3(2-6)4(7)8;/h3*7-8H;/q;;;+3/p+6. The van der Waals surface area contributed by atoms with E-state index in [1.165, 1.54) is 0 Å². The van der Waals surface area contributed by atoms with Crippen LogP contribution in [0.25, 0.3) is 0 Å². The normalized spacial score (nSPS) is 6.24. The molecule has 0 saturated carbocycles. The molecule has 0 aliphatic heterocycles. The van der Waals surface area contributed by atoms with Gasteiger partial charge in [0, 0.05) is 75.8 Å². The van der Waals surface area contributed by atoms with E-state index in [-0.39, 0.29) is 34.1 Å². The smallest absolute Gasteiger partial charge is 0.191 e. The summed E-state index contributed by atoms with van der Waals surface area (Å²) >= 11 is 17.7. The molecule has 0 aromatic rings. The third kappa shape index (κ3) is 19.0. The van der Waals surface area contributed by atoms with Crippen molar-refractivity contribution in [2.45, 2.75) is 0 Å². The average molecular weight is 485 g/mol. The predicted molar refractivity (Wildman–Crippen MR) is 116 cm³/mol. The van der Waals surface area contributed by atoms with Gasteiger partial charge in [0.25, 0.3) is 0 Å². The van der Waals surface area contributed by atoms with Crippen LogP contribution in [0.5, 0.6) is 0 Å². The molecule has 0 aromatic heterocycles. The Morgan fingerprint density at radius 2 is 0.520 bits per heavy atom. The molecule has 0 fully saturated rings. The average Bonchev–Trinajstić information content (AvgIpc) is 2.51. The molecule has 0 heterocycles. The Labute approximate surface area is 189 Å². The SMILES string of the molecule is N#CC(C#N)=C([SH2+])[SH2+].N#CC(C#N)=C([SH2+])[SH2+].N#CC(C#N)=C([SH2+])[SH2+].[Cr+3]. The molecule has 123 valence electrons. The Morgan fingerprint density at radius 3 is 0.520 bits per heavy atom. The van der Waals surface area contributed by atoms with Gasteiger partial charge in [-0.2, -0.15) is 31.6 Å². The minimum atomic E-state index is 0. The minimum absolute atomic E-state index is 0. The topological polar surface area (TPSA) is 143 Å². The van der Waals surface area contributed by atoms with E-state index >= 15 is 0 Å². The molecule has 0 aliphatic carbocycles. The van der Waals surface area contributed by atoms with E-state index in [2.05, 4.69) is 75.8 Å². The van der Waals surface area contributed by atoms with E-state index in [4.69, 9.17) is 31.6 Å². The molecule has 0 bridgehead atoms. The zero-order chi connectivity index (χ0) is 19.7. The van der Waals surface area contributed by atoms with Gasteiger partial charge in [-0.25, -0.2) is 0 Å². The molecule has 0 amide bonds. The summed E-state index contributed by atoms with van der Waals surface area (Å²) in [7, 11) is 0. The van der Waals surface area contributed by atoms with Crippen molar-refractivity contribution in [3.05, 3.63) is 29.4 Å². The van der Waals surface area contributed by atoms with Crippen molar-refractivity contribution in [2.75, 3.05) is 0 Å². The van der Waals surface area contributed by atoms with Crippen molar-refractivity contribution in [3.63, 3.8) is 0 Å². The van der Waals surface area contributed by atoms with Crippen LogP contribution in [0.4, 0.5) is 0 Å². The maximum absolute atomic E-state index is 8.10. The van der Waals surface area contributed by atoms with Gasteiger partial charge in [0.2, 0.25) is 16.7 Å². The molecule has 1 radical (unpaired) electrons. The van der Waals surface area contributed by atoms with Crippen LogP contribution in [-0.4, -0.2) is 0 Å². The quantitative estimate of drug-likeness (QED) is 0.282. The van der Waals surface area contributed by atoms with Gasteiger partial charge in [-0.15, -0.1) is 0 Å². The van der Waals surface area contributed by atoms with Gasteiger partial charge in [0.1, 0.15) is 36.4 Å². The molecule has 13 heteroatoms. The van der Waals surface area contributed by atoms with Gasteiger partial charge >= 0.3 is 30.1 Å². The van der Waals surface area contributed by atoms with E-state index in [0.717, 1.165) is 0 Å². The number of hydrogen-bond acceptors (Lipinski definition) is 6. The van der Waals surface area contributed by atoms with Crippen LogP contribution in [0.3, 0.4) is 0 Å². The van der Waals surface area contributed by atoms with Crippen molar-refractivity contribution < 1.29 is 17.4 Å². The number of nitrogens with zero attached hydrogens (tertiary/aromatic N) is 6. The molecular weight excluding hydrogens is 473 g/mol. The van der Waals surface area contributed by atoms with Crippen LogP contribution < -0.4 is 0 Å². The molecule has 0 unspecified atom stereocenters. The van der Waals surface area contributed by atoms with Gasteiger partial charge in [-0.3, -0.25) is 0 Å². The summed E-state index contributed by atoms with van der Waals surface area (Å²) in [5.74, 6) is 0. The van der Waals surface area contributed by atoms with Gasteiger partial charge in [0.15, 0.2) is 0 Å². The summed E-state index contributed by atoms with van der Waals surface area (Å²) < 4.78 is 1.15. The van der Waals surface area contributed by atoms with Crippen LogP contribution in [0, 0.1) is 68.0 Å². The van der Waals surface area contributed by atoms with Gasteiger partial charge in [-0.05, 0) is 0 Å². The number of rotatable bonds is 0. The first-order valence-corrected chi connectivity index (χ1v) is 8.09. The molecule has 0 rings (SSSR count). The summed E-state index contributed by atoms with van der Waals surface area (Å²) in [6.45, 7) is 0. The Morgan fingerprint density at radius 1 is 0.400 bits per heavy atom. The second kappa shape index (κ2) is 20.8. The summed E-state index contributed by atoms with van der Waals surface area (Å²) in [5, 5.41) is 48.6. The largest absolute Gasteiger partial charge is 3.00 e. The first-order valence-electron chi connectivity index (χ1n) is 5.09. The van der Waals surface area contributed by atoms with Gasteiger partial charge in [-0.1, -0.05) is 0 Å². The molecular formula is C12H12CrN6S6+9. The third-order valence-electron chi connectivity index (χ3n) is 1.42. The Balaban J connectivity index is -0.000000130. The van der Waals surface area contributed by atoms with Crippen molar-refractivity contribution >= 4 is 75.8 Å². The molecule has 0 saturated heterocycles. The van der Waals surface area contributed by atoms with Crippen molar-refractivity contribution in [1.82, 2.24) is 0 Å². The molecule has 0 atom stereocenters. The maximum atomic E-state index is 8.10. The fourth-order valence-electron chi connectivity index (χ4n) is 0.410. The summed E-state index contributed by atoms with van der Waals surface area (Å²) in [4.78, 5) is 0. The Bertz CT molecular complexity index is 635. The number of nitriles is 6. The van der Waals surface area contributed by atoms with Crippen LogP contribution in [-0.2, 0) is 93.1 Å². The number of hydrogen-bond donors (Lipinski definition) is 0. The summed E-state index contributed by atoms with van der Waals surface area (Å²) in [5.41, 5.74) is 0.120. The maximum Gasteiger partial charge on any atom is 3.00 e. The second-order valence-electron chi connectivity index (χ2n) is 2.92. The summed E-state index contributed by atoms with van der Waals surface area (Å²) in [6.07, 6.45) is 0. The zero-order valence-corrected chi connectivity index (χ0v) is 19.4. The molecule has 0 aliphatic rings. The zero-order valence-electron chi connectivity index (χ0n) is 12.1. The fraction of sp³-hybridized carbons (Fsp3) is 0. The summed E-state index contributed by atoms with van der Waals surface area (Å²) in [6, 6.07) is 10.0. The first kappa shape index (κ1) is 31.6. The van der Waals surface area contributed by atoms with Crippen LogP contribution in [0.15, 0.2) is 29.4 Å². The van der Waals surface area contributed by atoms with E-state index in [1.807, 2.05) is 0 Å². The Hall–Kier alpha value is -1.21. The van der Waals surface area contributed by atoms with Gasteiger partial charge < -0.3 is 0 Å². The molecule has 0 N–H and O–H groups in total. The molecule has 0 aromatic carbocycles. The van der Waals surface area contributed by atoms with Gasteiger partial charge in [0.05, 0.1) is 0 Å². The van der Waals surface area contributed by atoms with E-state index in [0.29, 0.717) is 12.7 Å². The van der Waals surface area contributed by atoms with E-state index < -0.39 is 0 Å². The third-order valence-corrected chi connectivity index (χ3v) is 2.92. The van der Waals surface area contributed by atoms with E-state index in [1.54, 1.807) is 36.4 Å². The monoisotopic (exact) mass is 484 g/mol. The second-order valence-corrected chi connectivity index (χ2v) is 7.42. The Kier molecular flexibility index (Phi) is 26.3. The molecule has 25 heavy (non-hydrogen) atoms. The molecule has 0 spiro atoms. The fourth-order valence-corrected chi connectivity index (χ4v) is 1.08. The number of allylic oxidation sites excluding steroid dienone is 3. The van der Waals surface area contributed by atoms with Crippen LogP contribution >= 0.6 is 0 Å². The first-order chi connectivity index (χ1) is 11.2. The van der Waals surface area contributed by atoms with Crippen molar-refractivity contribution in [3.8, 4) is 36.4 Å². The van der Waals surface area contributed by atoms with Crippen molar-refractivity contribution in [1.29, 1.82) is 31.6 Å². The minimum Gasteiger partial charge on any atom is -0.191 e. The van der Waals surface area contributed by atoms with Crippen LogP contribution in [0.2, 0.25) is 0 Å². The molecule has 6 nitrogen and oxygen atoms in total. The van der Waals surface area contributed by atoms with E-state index in [9.17, 15) is 0 Å².